The van der Waals surface area contributed by atoms with Gasteiger partial charge in [-0.05, 0) is 55.0 Å². The summed E-state index contributed by atoms with van der Waals surface area (Å²) >= 11 is 0. The van der Waals surface area contributed by atoms with E-state index in [1.165, 1.54) is 0 Å². The van der Waals surface area contributed by atoms with E-state index in [1.807, 2.05) is 73.7 Å². The van der Waals surface area contributed by atoms with Crippen molar-refractivity contribution in [2.45, 2.75) is 13.0 Å². The van der Waals surface area contributed by atoms with Gasteiger partial charge in [0.15, 0.2) is 0 Å². The zero-order valence-electron chi connectivity index (χ0n) is 19.1. The molecule has 0 fully saturated rings. The van der Waals surface area contributed by atoms with Crippen LogP contribution in [0.3, 0.4) is 0 Å². The molecule has 0 radical (unpaired) electrons. The van der Waals surface area contributed by atoms with Crippen LogP contribution in [0.4, 0.5) is 0 Å². The largest absolute Gasteiger partial charge is 0.497 e. The predicted molar refractivity (Wildman–Crippen MR) is 129 cm³/mol. The normalized spacial score (nSPS) is 11.6. The molecule has 4 aromatic rings. The van der Waals surface area contributed by atoms with Crippen LogP contribution >= 0.6 is 0 Å². The summed E-state index contributed by atoms with van der Waals surface area (Å²) in [5.41, 5.74) is 3.63. The molecule has 0 spiro atoms. The fraction of sp³-hybridized carbons (Fsp3) is 0.185. The Morgan fingerprint density at radius 1 is 0.848 bits per heavy atom. The summed E-state index contributed by atoms with van der Waals surface area (Å²) < 4.78 is 16.2. The molecule has 0 unspecified atom stereocenters. The third-order valence-corrected chi connectivity index (χ3v) is 5.61. The van der Waals surface area contributed by atoms with Crippen molar-refractivity contribution >= 4 is 16.8 Å². The summed E-state index contributed by atoms with van der Waals surface area (Å²) in [4.78, 5) is 18.2. The molecule has 6 heteroatoms. The lowest BCUT2D eigenvalue weighted by molar-refractivity contribution is 0.0941. The van der Waals surface area contributed by atoms with Crippen molar-refractivity contribution in [3.05, 3.63) is 83.9 Å². The fourth-order valence-electron chi connectivity index (χ4n) is 3.77. The smallest absolute Gasteiger partial charge is 0.252 e. The lowest BCUT2D eigenvalue weighted by atomic mass is 10.0. The van der Waals surface area contributed by atoms with Gasteiger partial charge in [0.1, 0.15) is 17.2 Å². The number of para-hydroxylation sites is 1. The van der Waals surface area contributed by atoms with Crippen LogP contribution in [0.5, 0.6) is 17.2 Å². The maximum atomic E-state index is 13.4. The van der Waals surface area contributed by atoms with Gasteiger partial charge in [-0.1, -0.05) is 30.3 Å². The molecule has 3 aromatic carbocycles. The molecule has 0 saturated carbocycles. The zero-order chi connectivity index (χ0) is 23.4. The Hall–Kier alpha value is -4.06. The molecular formula is C27H26N2O4. The summed E-state index contributed by atoms with van der Waals surface area (Å²) in [6.07, 6.45) is 0. The van der Waals surface area contributed by atoms with E-state index in [0.29, 0.717) is 22.8 Å². The number of nitrogens with zero attached hydrogens (tertiary/aromatic N) is 1. The molecule has 168 valence electrons. The number of hydrogen-bond donors (Lipinski definition) is 1. The first-order valence-electron chi connectivity index (χ1n) is 10.6. The molecule has 1 N–H and O–H groups in total. The average Bonchev–Trinajstić information content (AvgIpc) is 2.87. The number of carbonyl (C=O) groups excluding carboxylic acids is 1. The number of nitrogens with one attached hydrogen (secondary N) is 1. The average molecular weight is 443 g/mol. The molecule has 0 aliphatic heterocycles. The van der Waals surface area contributed by atoms with Crippen LogP contribution in [0, 0.1) is 0 Å². The Kier molecular flexibility index (Phi) is 6.45. The van der Waals surface area contributed by atoms with Crippen LogP contribution in [-0.2, 0) is 0 Å². The van der Waals surface area contributed by atoms with Crippen molar-refractivity contribution in [1.29, 1.82) is 0 Å². The molecule has 1 heterocycles. The first-order chi connectivity index (χ1) is 16.0. The molecule has 6 nitrogen and oxygen atoms in total. The van der Waals surface area contributed by atoms with Gasteiger partial charge in [-0.25, -0.2) is 4.98 Å². The fourth-order valence-corrected chi connectivity index (χ4v) is 3.77. The van der Waals surface area contributed by atoms with Crippen molar-refractivity contribution in [3.63, 3.8) is 0 Å². The lowest BCUT2D eigenvalue weighted by Gasteiger charge is -2.17. The van der Waals surface area contributed by atoms with Crippen molar-refractivity contribution in [2.75, 3.05) is 21.3 Å². The number of hydrogen-bond acceptors (Lipinski definition) is 5. The summed E-state index contributed by atoms with van der Waals surface area (Å²) in [6, 6.07) is 22.4. The minimum absolute atomic E-state index is 0.181. The van der Waals surface area contributed by atoms with Gasteiger partial charge in [0.05, 0.1) is 44.1 Å². The summed E-state index contributed by atoms with van der Waals surface area (Å²) in [5, 5.41) is 3.89. The Balaban J connectivity index is 1.75. The number of benzene rings is 3. The molecule has 0 aliphatic rings. The van der Waals surface area contributed by atoms with Crippen molar-refractivity contribution < 1.29 is 19.0 Å². The number of aromatic nitrogens is 1. The van der Waals surface area contributed by atoms with Gasteiger partial charge in [0, 0.05) is 10.9 Å². The highest BCUT2D eigenvalue weighted by Crippen LogP contribution is 2.34. The van der Waals surface area contributed by atoms with Gasteiger partial charge >= 0.3 is 0 Å². The minimum Gasteiger partial charge on any atom is -0.497 e. The van der Waals surface area contributed by atoms with Gasteiger partial charge in [-0.3, -0.25) is 4.79 Å². The van der Waals surface area contributed by atoms with E-state index in [-0.39, 0.29) is 11.9 Å². The molecule has 33 heavy (non-hydrogen) atoms. The third kappa shape index (κ3) is 4.60. The number of ether oxygens (including phenoxy) is 3. The highest BCUT2D eigenvalue weighted by molar-refractivity contribution is 6.07. The van der Waals surface area contributed by atoms with Gasteiger partial charge in [0.25, 0.3) is 5.91 Å². The molecule has 1 aromatic heterocycles. The first kappa shape index (κ1) is 22.1. The Labute approximate surface area is 193 Å². The van der Waals surface area contributed by atoms with E-state index in [0.717, 1.165) is 27.8 Å². The van der Waals surface area contributed by atoms with Crippen LogP contribution in [0.15, 0.2) is 72.8 Å². The van der Waals surface area contributed by atoms with Crippen LogP contribution in [0.1, 0.15) is 28.9 Å². The summed E-state index contributed by atoms with van der Waals surface area (Å²) in [6.45, 7) is 1.95. The number of pyridine rings is 1. The molecule has 4 rings (SSSR count). The number of methoxy groups -OCH3 is 3. The maximum Gasteiger partial charge on any atom is 0.252 e. The van der Waals surface area contributed by atoms with Crippen LogP contribution in [0.2, 0.25) is 0 Å². The zero-order valence-corrected chi connectivity index (χ0v) is 19.1. The lowest BCUT2D eigenvalue weighted by Crippen LogP contribution is -2.27. The van der Waals surface area contributed by atoms with E-state index in [9.17, 15) is 4.79 Å². The second kappa shape index (κ2) is 9.61. The predicted octanol–water partition coefficient (Wildman–Crippen LogP) is 5.42. The Bertz CT molecular complexity index is 1290. The monoisotopic (exact) mass is 442 g/mol. The number of rotatable bonds is 7. The van der Waals surface area contributed by atoms with Crippen molar-refractivity contribution in [3.8, 4) is 28.5 Å². The highest BCUT2D eigenvalue weighted by atomic mass is 16.5. The van der Waals surface area contributed by atoms with Gasteiger partial charge < -0.3 is 19.5 Å². The number of carbonyl (C=O) groups is 1. The Morgan fingerprint density at radius 3 is 2.24 bits per heavy atom. The summed E-state index contributed by atoms with van der Waals surface area (Å²) in [5.74, 6) is 1.92. The minimum atomic E-state index is -0.190. The SMILES string of the molecule is COc1ccc([C@H](C)NC(=O)c2cc(-c3cc(OC)ccc3OC)nc3ccccc23)cc1. The second-order valence-electron chi connectivity index (χ2n) is 7.61. The summed E-state index contributed by atoms with van der Waals surface area (Å²) in [7, 11) is 4.85. The van der Waals surface area contributed by atoms with E-state index in [4.69, 9.17) is 19.2 Å². The molecule has 0 saturated heterocycles. The quantitative estimate of drug-likeness (QED) is 0.414. The van der Waals surface area contributed by atoms with Crippen LogP contribution < -0.4 is 19.5 Å². The molecule has 0 bridgehead atoms. The topological polar surface area (TPSA) is 69.7 Å². The number of amides is 1. The molecule has 1 atom stereocenters. The third-order valence-electron chi connectivity index (χ3n) is 5.61. The van der Waals surface area contributed by atoms with E-state index < -0.39 is 0 Å². The van der Waals surface area contributed by atoms with Crippen molar-refractivity contribution in [2.24, 2.45) is 0 Å². The first-order valence-corrected chi connectivity index (χ1v) is 10.6. The van der Waals surface area contributed by atoms with Crippen molar-refractivity contribution in [1.82, 2.24) is 10.3 Å². The molecular weight excluding hydrogens is 416 g/mol. The van der Waals surface area contributed by atoms with E-state index in [2.05, 4.69) is 5.32 Å². The van der Waals surface area contributed by atoms with Gasteiger partial charge in [-0.2, -0.15) is 0 Å². The molecule has 0 aliphatic carbocycles. The second-order valence-corrected chi connectivity index (χ2v) is 7.61. The van der Waals surface area contributed by atoms with Crippen LogP contribution in [0.25, 0.3) is 22.2 Å². The van der Waals surface area contributed by atoms with Gasteiger partial charge in [-0.15, -0.1) is 0 Å². The standard InChI is InChI=1S/C27H26N2O4/c1-17(18-9-11-19(31-2)12-10-18)28-27(30)22-16-25(29-24-8-6-5-7-21(22)24)23-15-20(32-3)13-14-26(23)33-4/h5-17H,1-4H3,(H,28,30)/t17-/m0/s1. The van der Waals surface area contributed by atoms with Gasteiger partial charge in [0.2, 0.25) is 0 Å². The van der Waals surface area contributed by atoms with Crippen LogP contribution in [-0.4, -0.2) is 32.2 Å². The Morgan fingerprint density at radius 2 is 1.55 bits per heavy atom. The highest BCUT2D eigenvalue weighted by Gasteiger charge is 2.18. The van der Waals surface area contributed by atoms with E-state index in [1.54, 1.807) is 27.4 Å². The number of fused-ring (bicyclic) bond motifs is 1. The van der Waals surface area contributed by atoms with E-state index >= 15 is 0 Å². The maximum absolute atomic E-state index is 13.4. The molecule has 1 amide bonds.